The highest BCUT2D eigenvalue weighted by Crippen LogP contribution is 2.27. The van der Waals surface area contributed by atoms with Crippen LogP contribution in [0.1, 0.15) is 53.4 Å². The highest BCUT2D eigenvalue weighted by Gasteiger charge is 2.14. The fourth-order valence-electron chi connectivity index (χ4n) is 1.44. The van der Waals surface area contributed by atoms with Crippen molar-refractivity contribution in [1.29, 1.82) is 0 Å². The third-order valence-corrected chi connectivity index (χ3v) is 2.15. The molecule has 11 heavy (non-hydrogen) atoms. The molecule has 0 unspecified atom stereocenters. The summed E-state index contributed by atoms with van der Waals surface area (Å²) in [6, 6.07) is 0. The van der Waals surface area contributed by atoms with E-state index < -0.39 is 0 Å². The molecule has 0 aromatic rings. The van der Waals surface area contributed by atoms with Gasteiger partial charge in [0, 0.05) is 0 Å². The predicted molar refractivity (Wildman–Crippen MR) is 52.7 cm³/mol. The maximum Gasteiger partial charge on any atom is -0.0346 e. The van der Waals surface area contributed by atoms with Crippen molar-refractivity contribution in [2.75, 3.05) is 0 Å². The molecule has 0 aromatic carbocycles. The highest BCUT2D eigenvalue weighted by molar-refractivity contribution is 4.80. The van der Waals surface area contributed by atoms with Crippen molar-refractivity contribution < 1.29 is 0 Å². The zero-order valence-corrected chi connectivity index (χ0v) is 8.48. The Balaban J connectivity index is 3.54. The number of allylic oxidation sites excluding steroid dienone is 2. The van der Waals surface area contributed by atoms with E-state index in [0.717, 1.165) is 0 Å². The zero-order chi connectivity index (χ0) is 8.74. The van der Waals surface area contributed by atoms with Crippen molar-refractivity contribution in [2.24, 2.45) is 5.41 Å². The van der Waals surface area contributed by atoms with Gasteiger partial charge in [-0.05, 0) is 31.6 Å². The van der Waals surface area contributed by atoms with E-state index in [9.17, 15) is 0 Å². The molecular weight excluding hydrogens is 132 g/mol. The lowest BCUT2D eigenvalue weighted by Crippen LogP contribution is -2.09. The molecule has 0 saturated carbocycles. The molecule has 0 bridgehead atoms. The molecule has 0 N–H and O–H groups in total. The lowest BCUT2D eigenvalue weighted by atomic mass is 9.83. The van der Waals surface area contributed by atoms with Gasteiger partial charge in [-0.1, -0.05) is 39.3 Å². The SMILES string of the molecule is CC=CCCC(C)(C)CCC. The van der Waals surface area contributed by atoms with E-state index in [4.69, 9.17) is 0 Å². The lowest BCUT2D eigenvalue weighted by molar-refractivity contribution is 0.307. The zero-order valence-electron chi connectivity index (χ0n) is 8.48. The highest BCUT2D eigenvalue weighted by atomic mass is 14.2. The molecule has 0 aliphatic rings. The molecule has 0 spiro atoms. The number of rotatable bonds is 5. The van der Waals surface area contributed by atoms with E-state index in [0.29, 0.717) is 5.41 Å². The third kappa shape index (κ3) is 6.15. The van der Waals surface area contributed by atoms with Crippen LogP contribution < -0.4 is 0 Å². The van der Waals surface area contributed by atoms with Crippen molar-refractivity contribution in [3.8, 4) is 0 Å². The summed E-state index contributed by atoms with van der Waals surface area (Å²) >= 11 is 0. The minimum absolute atomic E-state index is 0.550. The van der Waals surface area contributed by atoms with Crippen LogP contribution >= 0.6 is 0 Å². The first-order valence-corrected chi connectivity index (χ1v) is 4.73. The first-order valence-electron chi connectivity index (χ1n) is 4.73. The van der Waals surface area contributed by atoms with Crippen LogP contribution in [-0.4, -0.2) is 0 Å². The van der Waals surface area contributed by atoms with Crippen LogP contribution in [-0.2, 0) is 0 Å². The van der Waals surface area contributed by atoms with Gasteiger partial charge in [-0.3, -0.25) is 0 Å². The minimum Gasteiger partial charge on any atom is -0.0917 e. The predicted octanol–water partition coefficient (Wildman–Crippen LogP) is 4.17. The van der Waals surface area contributed by atoms with Gasteiger partial charge in [-0.15, -0.1) is 0 Å². The van der Waals surface area contributed by atoms with Crippen LogP contribution in [0.25, 0.3) is 0 Å². The second-order valence-electron chi connectivity index (χ2n) is 4.02. The fourth-order valence-corrected chi connectivity index (χ4v) is 1.44. The van der Waals surface area contributed by atoms with Gasteiger partial charge in [0.1, 0.15) is 0 Å². The maximum atomic E-state index is 2.36. The first kappa shape index (κ1) is 10.7. The summed E-state index contributed by atoms with van der Waals surface area (Å²) < 4.78 is 0. The second-order valence-corrected chi connectivity index (χ2v) is 4.02. The van der Waals surface area contributed by atoms with Crippen LogP contribution in [0.3, 0.4) is 0 Å². The molecule has 0 aliphatic heterocycles. The molecule has 0 radical (unpaired) electrons. The average molecular weight is 154 g/mol. The van der Waals surface area contributed by atoms with Crippen molar-refractivity contribution in [2.45, 2.75) is 53.4 Å². The number of hydrogen-bond acceptors (Lipinski definition) is 0. The molecular formula is C11H22. The molecule has 0 aliphatic carbocycles. The van der Waals surface area contributed by atoms with Gasteiger partial charge in [0.05, 0.1) is 0 Å². The third-order valence-electron chi connectivity index (χ3n) is 2.15. The minimum atomic E-state index is 0.550. The quantitative estimate of drug-likeness (QED) is 0.521. The van der Waals surface area contributed by atoms with Gasteiger partial charge >= 0.3 is 0 Å². The standard InChI is InChI=1S/C11H22/c1-5-7-8-10-11(3,4)9-6-2/h5,7H,6,8-10H2,1-4H3. The molecule has 0 heteroatoms. The Morgan fingerprint density at radius 2 is 1.82 bits per heavy atom. The van der Waals surface area contributed by atoms with Gasteiger partial charge in [-0.25, -0.2) is 0 Å². The van der Waals surface area contributed by atoms with E-state index >= 15 is 0 Å². The van der Waals surface area contributed by atoms with Crippen molar-refractivity contribution >= 4 is 0 Å². The van der Waals surface area contributed by atoms with Crippen molar-refractivity contribution in [1.82, 2.24) is 0 Å². The summed E-state index contributed by atoms with van der Waals surface area (Å²) in [5, 5.41) is 0. The van der Waals surface area contributed by atoms with E-state index in [1.807, 2.05) is 0 Å². The molecule has 0 rings (SSSR count). The summed E-state index contributed by atoms with van der Waals surface area (Å²) in [6.07, 6.45) is 9.63. The number of hydrogen-bond donors (Lipinski definition) is 0. The fraction of sp³-hybridized carbons (Fsp3) is 0.818. The Kier molecular flexibility index (Phi) is 5.27. The maximum absolute atomic E-state index is 2.36. The summed E-state index contributed by atoms with van der Waals surface area (Å²) in [4.78, 5) is 0. The molecule has 0 fully saturated rings. The average Bonchev–Trinajstić information content (AvgIpc) is 1.87. The van der Waals surface area contributed by atoms with Crippen LogP contribution in [0.5, 0.6) is 0 Å². The van der Waals surface area contributed by atoms with Gasteiger partial charge < -0.3 is 0 Å². The van der Waals surface area contributed by atoms with Crippen LogP contribution in [0.2, 0.25) is 0 Å². The normalized spacial score (nSPS) is 12.7. The summed E-state index contributed by atoms with van der Waals surface area (Å²) in [5.74, 6) is 0. The van der Waals surface area contributed by atoms with Gasteiger partial charge in [-0.2, -0.15) is 0 Å². The Morgan fingerprint density at radius 1 is 1.18 bits per heavy atom. The molecule has 0 amide bonds. The topological polar surface area (TPSA) is 0 Å². The molecule has 66 valence electrons. The van der Waals surface area contributed by atoms with E-state index in [1.165, 1.54) is 25.7 Å². The largest absolute Gasteiger partial charge is 0.0917 e. The summed E-state index contributed by atoms with van der Waals surface area (Å²) in [7, 11) is 0. The summed E-state index contributed by atoms with van der Waals surface area (Å²) in [5.41, 5.74) is 0.550. The molecule has 0 heterocycles. The lowest BCUT2D eigenvalue weighted by Gasteiger charge is -2.22. The smallest absolute Gasteiger partial charge is 0.0346 e. The van der Waals surface area contributed by atoms with Gasteiger partial charge in [0.25, 0.3) is 0 Å². The Hall–Kier alpha value is -0.260. The van der Waals surface area contributed by atoms with Crippen molar-refractivity contribution in [3.63, 3.8) is 0 Å². The Bertz CT molecular complexity index is 109. The van der Waals surface area contributed by atoms with Crippen LogP contribution in [0.15, 0.2) is 12.2 Å². The Labute approximate surface area is 71.7 Å². The molecule has 0 saturated heterocycles. The van der Waals surface area contributed by atoms with E-state index in [2.05, 4.69) is 39.8 Å². The molecule has 0 aromatic heterocycles. The van der Waals surface area contributed by atoms with Crippen LogP contribution in [0.4, 0.5) is 0 Å². The van der Waals surface area contributed by atoms with E-state index in [1.54, 1.807) is 0 Å². The van der Waals surface area contributed by atoms with E-state index in [-0.39, 0.29) is 0 Å². The monoisotopic (exact) mass is 154 g/mol. The van der Waals surface area contributed by atoms with Gasteiger partial charge in [0.2, 0.25) is 0 Å². The second kappa shape index (κ2) is 5.40. The summed E-state index contributed by atoms with van der Waals surface area (Å²) in [6.45, 7) is 9.07. The van der Waals surface area contributed by atoms with Gasteiger partial charge in [0.15, 0.2) is 0 Å². The van der Waals surface area contributed by atoms with Crippen molar-refractivity contribution in [3.05, 3.63) is 12.2 Å². The van der Waals surface area contributed by atoms with Crippen LogP contribution in [0, 0.1) is 5.41 Å². The Morgan fingerprint density at radius 3 is 2.27 bits per heavy atom. The molecule has 0 nitrogen and oxygen atoms in total. The molecule has 0 atom stereocenters. The first-order chi connectivity index (χ1) is 5.12.